The SMILES string of the molecule is Cc1c(NCc2ccc(OCc3ccccc3Cl)cc2)cccc1C(=O)O. The molecule has 3 aromatic rings. The van der Waals surface area contributed by atoms with E-state index in [-0.39, 0.29) is 0 Å². The Morgan fingerprint density at radius 1 is 1.04 bits per heavy atom. The highest BCUT2D eigenvalue weighted by Crippen LogP contribution is 2.21. The zero-order valence-electron chi connectivity index (χ0n) is 14.9. The summed E-state index contributed by atoms with van der Waals surface area (Å²) in [5, 5.41) is 13.2. The molecule has 0 heterocycles. The topological polar surface area (TPSA) is 58.6 Å². The van der Waals surface area contributed by atoms with Crippen molar-refractivity contribution in [2.24, 2.45) is 0 Å². The molecule has 0 atom stereocenters. The van der Waals surface area contributed by atoms with Crippen LogP contribution in [0.1, 0.15) is 27.0 Å². The van der Waals surface area contributed by atoms with Gasteiger partial charge in [-0.1, -0.05) is 48.0 Å². The molecule has 3 aromatic carbocycles. The van der Waals surface area contributed by atoms with Gasteiger partial charge in [0.1, 0.15) is 12.4 Å². The lowest BCUT2D eigenvalue weighted by molar-refractivity contribution is 0.0696. The Balaban J connectivity index is 1.59. The number of carboxylic acids is 1. The number of carbonyl (C=O) groups is 1. The highest BCUT2D eigenvalue weighted by Gasteiger charge is 2.09. The Morgan fingerprint density at radius 2 is 1.78 bits per heavy atom. The summed E-state index contributed by atoms with van der Waals surface area (Å²) < 4.78 is 5.78. The van der Waals surface area contributed by atoms with Crippen molar-refractivity contribution in [3.8, 4) is 5.75 Å². The summed E-state index contributed by atoms with van der Waals surface area (Å²) in [6.45, 7) is 2.81. The molecule has 4 nitrogen and oxygen atoms in total. The zero-order valence-corrected chi connectivity index (χ0v) is 15.7. The average molecular weight is 382 g/mol. The van der Waals surface area contributed by atoms with Gasteiger partial charge in [-0.05, 0) is 48.4 Å². The number of nitrogens with one attached hydrogen (secondary N) is 1. The van der Waals surface area contributed by atoms with E-state index in [9.17, 15) is 9.90 Å². The van der Waals surface area contributed by atoms with E-state index in [0.717, 1.165) is 28.1 Å². The third-order valence-electron chi connectivity index (χ3n) is 4.32. The molecule has 0 aliphatic rings. The van der Waals surface area contributed by atoms with Crippen molar-refractivity contribution < 1.29 is 14.6 Å². The lowest BCUT2D eigenvalue weighted by Crippen LogP contribution is -2.05. The molecular formula is C22H20ClNO3. The molecule has 0 aliphatic carbocycles. The highest BCUT2D eigenvalue weighted by atomic mass is 35.5. The first kappa shape index (κ1) is 18.8. The van der Waals surface area contributed by atoms with Crippen molar-refractivity contribution in [1.82, 2.24) is 0 Å². The Bertz CT molecular complexity index is 939. The smallest absolute Gasteiger partial charge is 0.336 e. The van der Waals surface area contributed by atoms with E-state index in [1.807, 2.05) is 54.6 Å². The Labute approximate surface area is 163 Å². The highest BCUT2D eigenvalue weighted by molar-refractivity contribution is 6.31. The monoisotopic (exact) mass is 381 g/mol. The minimum absolute atomic E-state index is 0.309. The number of anilines is 1. The molecule has 0 amide bonds. The van der Waals surface area contributed by atoms with Gasteiger partial charge in [0, 0.05) is 22.8 Å². The first-order chi connectivity index (χ1) is 13.0. The van der Waals surface area contributed by atoms with Crippen LogP contribution in [0.15, 0.2) is 66.7 Å². The van der Waals surface area contributed by atoms with Gasteiger partial charge >= 0.3 is 5.97 Å². The predicted molar refractivity (Wildman–Crippen MR) is 108 cm³/mol. The standard InChI is InChI=1S/C22H20ClNO3/c1-15-19(22(25)26)6-4-8-21(15)24-13-16-9-11-18(12-10-16)27-14-17-5-2-3-7-20(17)23/h2-12,24H,13-14H2,1H3,(H,25,26). The molecule has 0 bridgehead atoms. The summed E-state index contributed by atoms with van der Waals surface area (Å²) >= 11 is 6.13. The summed E-state index contributed by atoms with van der Waals surface area (Å²) in [5.41, 5.74) is 3.86. The van der Waals surface area contributed by atoms with Crippen LogP contribution in [0.4, 0.5) is 5.69 Å². The van der Waals surface area contributed by atoms with Gasteiger partial charge in [-0.15, -0.1) is 0 Å². The first-order valence-corrected chi connectivity index (χ1v) is 8.94. The van der Waals surface area contributed by atoms with Crippen LogP contribution >= 0.6 is 11.6 Å². The summed E-state index contributed by atoms with van der Waals surface area (Å²) in [6.07, 6.45) is 0. The summed E-state index contributed by atoms with van der Waals surface area (Å²) in [5.74, 6) is -0.154. The molecule has 27 heavy (non-hydrogen) atoms. The quantitative estimate of drug-likeness (QED) is 0.564. The molecule has 0 fully saturated rings. The molecule has 0 radical (unpaired) electrons. The van der Waals surface area contributed by atoms with Crippen LogP contribution in [0.5, 0.6) is 5.75 Å². The number of halogens is 1. The maximum absolute atomic E-state index is 11.2. The van der Waals surface area contributed by atoms with E-state index in [1.165, 1.54) is 0 Å². The number of rotatable bonds is 7. The summed E-state index contributed by atoms with van der Waals surface area (Å²) in [4.78, 5) is 11.2. The predicted octanol–water partition coefficient (Wildman–Crippen LogP) is 5.54. The number of hydrogen-bond acceptors (Lipinski definition) is 3. The zero-order chi connectivity index (χ0) is 19.2. The normalized spacial score (nSPS) is 10.4. The number of aromatic carboxylic acids is 1. The van der Waals surface area contributed by atoms with Crippen molar-refractivity contribution >= 4 is 23.3 Å². The van der Waals surface area contributed by atoms with Gasteiger partial charge in [-0.3, -0.25) is 0 Å². The fourth-order valence-electron chi connectivity index (χ4n) is 2.74. The van der Waals surface area contributed by atoms with Gasteiger partial charge in [0.15, 0.2) is 0 Å². The van der Waals surface area contributed by atoms with Gasteiger partial charge in [0.25, 0.3) is 0 Å². The molecule has 0 aromatic heterocycles. The Morgan fingerprint density at radius 3 is 2.48 bits per heavy atom. The molecule has 0 saturated heterocycles. The van der Waals surface area contributed by atoms with Crippen molar-refractivity contribution in [2.45, 2.75) is 20.1 Å². The van der Waals surface area contributed by atoms with Gasteiger partial charge in [0.05, 0.1) is 5.56 Å². The van der Waals surface area contributed by atoms with Crippen molar-refractivity contribution in [3.63, 3.8) is 0 Å². The molecule has 3 rings (SSSR count). The van der Waals surface area contributed by atoms with E-state index in [2.05, 4.69) is 5.32 Å². The number of carboxylic acid groups (broad SMARTS) is 1. The minimum atomic E-state index is -0.920. The van der Waals surface area contributed by atoms with Crippen molar-refractivity contribution in [1.29, 1.82) is 0 Å². The molecule has 0 saturated carbocycles. The molecule has 0 unspecified atom stereocenters. The molecule has 5 heteroatoms. The van der Waals surface area contributed by atoms with Crippen LogP contribution in [-0.4, -0.2) is 11.1 Å². The lowest BCUT2D eigenvalue weighted by Gasteiger charge is -2.12. The third kappa shape index (κ3) is 4.80. The largest absolute Gasteiger partial charge is 0.489 e. The van der Waals surface area contributed by atoms with Crippen LogP contribution < -0.4 is 10.1 Å². The second-order valence-corrected chi connectivity index (χ2v) is 6.57. The summed E-state index contributed by atoms with van der Waals surface area (Å²) in [7, 11) is 0. The number of ether oxygens (including phenoxy) is 1. The maximum atomic E-state index is 11.2. The van der Waals surface area contributed by atoms with E-state index in [1.54, 1.807) is 19.1 Å². The van der Waals surface area contributed by atoms with Crippen molar-refractivity contribution in [3.05, 3.63) is 94.0 Å². The molecule has 0 aliphatic heterocycles. The van der Waals surface area contributed by atoms with Crippen LogP contribution in [0, 0.1) is 6.92 Å². The van der Waals surface area contributed by atoms with Crippen LogP contribution in [0.25, 0.3) is 0 Å². The van der Waals surface area contributed by atoms with Crippen molar-refractivity contribution in [2.75, 3.05) is 5.32 Å². The fraction of sp³-hybridized carbons (Fsp3) is 0.136. The Hall–Kier alpha value is -2.98. The van der Waals surface area contributed by atoms with Gasteiger partial charge in [0.2, 0.25) is 0 Å². The Kier molecular flexibility index (Phi) is 5.99. The van der Waals surface area contributed by atoms with Gasteiger partial charge in [-0.25, -0.2) is 4.79 Å². The fourth-order valence-corrected chi connectivity index (χ4v) is 2.93. The van der Waals surface area contributed by atoms with E-state index in [0.29, 0.717) is 23.7 Å². The minimum Gasteiger partial charge on any atom is -0.489 e. The van der Waals surface area contributed by atoms with E-state index in [4.69, 9.17) is 16.3 Å². The molecule has 2 N–H and O–H groups in total. The van der Waals surface area contributed by atoms with Crippen LogP contribution in [0.2, 0.25) is 5.02 Å². The second-order valence-electron chi connectivity index (χ2n) is 6.16. The van der Waals surface area contributed by atoms with Gasteiger partial charge in [-0.2, -0.15) is 0 Å². The summed E-state index contributed by atoms with van der Waals surface area (Å²) in [6, 6.07) is 20.6. The average Bonchev–Trinajstić information content (AvgIpc) is 2.67. The number of benzene rings is 3. The maximum Gasteiger partial charge on any atom is 0.336 e. The number of hydrogen-bond donors (Lipinski definition) is 2. The van der Waals surface area contributed by atoms with Crippen LogP contribution in [0.3, 0.4) is 0 Å². The first-order valence-electron chi connectivity index (χ1n) is 8.56. The third-order valence-corrected chi connectivity index (χ3v) is 4.69. The van der Waals surface area contributed by atoms with Crippen LogP contribution in [-0.2, 0) is 13.2 Å². The van der Waals surface area contributed by atoms with Gasteiger partial charge < -0.3 is 15.2 Å². The molecule has 138 valence electrons. The molecular weight excluding hydrogens is 362 g/mol. The second kappa shape index (κ2) is 8.60. The van der Waals surface area contributed by atoms with E-state index >= 15 is 0 Å². The lowest BCUT2D eigenvalue weighted by atomic mass is 10.1. The molecule has 0 spiro atoms. The van der Waals surface area contributed by atoms with E-state index < -0.39 is 5.97 Å².